The number of thioether (sulfide) groups is 2. The van der Waals surface area contributed by atoms with Gasteiger partial charge in [0.15, 0.2) is 10.3 Å². The van der Waals surface area contributed by atoms with Crippen molar-refractivity contribution in [2.75, 3.05) is 5.32 Å². The van der Waals surface area contributed by atoms with Gasteiger partial charge in [0.2, 0.25) is 5.91 Å². The van der Waals surface area contributed by atoms with Gasteiger partial charge in [-0.3, -0.25) is 4.79 Å². The third kappa shape index (κ3) is 5.40. The highest BCUT2D eigenvalue weighted by Crippen LogP contribution is 2.26. The van der Waals surface area contributed by atoms with E-state index in [1.165, 1.54) is 23.5 Å². The van der Waals surface area contributed by atoms with Crippen LogP contribution in [-0.2, 0) is 17.6 Å². The van der Waals surface area contributed by atoms with E-state index in [0.717, 1.165) is 39.2 Å². The fourth-order valence-corrected chi connectivity index (χ4v) is 4.67. The molecule has 1 aromatic carbocycles. The van der Waals surface area contributed by atoms with E-state index in [2.05, 4.69) is 25.5 Å². The number of nitrogens with one attached hydrogen (secondary N) is 1. The molecule has 0 radical (unpaired) electrons. The second kappa shape index (κ2) is 9.61. The number of anilines is 1. The molecule has 7 nitrogen and oxygen atoms in total. The molecule has 0 saturated carbocycles. The molecule has 1 atom stereocenters. The molecule has 2 aromatic heterocycles. The fraction of sp³-hybridized carbons (Fsp3) is 0.381. The Labute approximate surface area is 185 Å². The topological polar surface area (TPSA) is 85.6 Å². The Morgan fingerprint density at radius 2 is 1.73 bits per heavy atom. The first-order valence-electron chi connectivity index (χ1n) is 9.61. The third-order valence-corrected chi connectivity index (χ3v) is 6.58. The summed E-state index contributed by atoms with van der Waals surface area (Å²) in [6, 6.07) is 7.92. The minimum Gasteiger partial charge on any atom is -0.325 e. The maximum Gasteiger partial charge on any atom is 0.237 e. The van der Waals surface area contributed by atoms with Gasteiger partial charge in [0, 0.05) is 24.1 Å². The number of carbonyl (C=O) groups is 1. The fourth-order valence-electron chi connectivity index (χ4n) is 2.91. The summed E-state index contributed by atoms with van der Waals surface area (Å²) in [5.74, 6) is 1.36. The van der Waals surface area contributed by atoms with Crippen molar-refractivity contribution in [1.29, 1.82) is 0 Å². The average molecular weight is 443 g/mol. The van der Waals surface area contributed by atoms with Crippen molar-refractivity contribution in [1.82, 2.24) is 24.7 Å². The predicted molar refractivity (Wildman–Crippen MR) is 122 cm³/mol. The summed E-state index contributed by atoms with van der Waals surface area (Å²) in [4.78, 5) is 21.6. The average Bonchev–Trinajstić information content (AvgIpc) is 3.02. The quantitative estimate of drug-likeness (QED) is 0.432. The van der Waals surface area contributed by atoms with E-state index in [1.807, 2.05) is 70.5 Å². The molecule has 3 rings (SSSR count). The zero-order chi connectivity index (χ0) is 21.8. The summed E-state index contributed by atoms with van der Waals surface area (Å²) < 4.78 is 1.92. The number of hydrogen-bond donors (Lipinski definition) is 1. The summed E-state index contributed by atoms with van der Waals surface area (Å²) in [5.41, 5.74) is 4.86. The van der Waals surface area contributed by atoms with E-state index < -0.39 is 0 Å². The number of para-hydroxylation sites is 1. The van der Waals surface area contributed by atoms with Gasteiger partial charge in [0.05, 0.1) is 11.0 Å². The van der Waals surface area contributed by atoms with Crippen LogP contribution in [0.15, 0.2) is 34.6 Å². The van der Waals surface area contributed by atoms with E-state index in [1.54, 1.807) is 0 Å². The lowest BCUT2D eigenvalue weighted by Gasteiger charge is -2.15. The van der Waals surface area contributed by atoms with Crippen LogP contribution in [0, 0.1) is 27.7 Å². The number of amides is 1. The van der Waals surface area contributed by atoms with Gasteiger partial charge in [-0.2, -0.15) is 0 Å². The first kappa shape index (κ1) is 22.3. The molecule has 0 fully saturated rings. The Morgan fingerprint density at radius 3 is 2.37 bits per heavy atom. The van der Waals surface area contributed by atoms with Gasteiger partial charge in [-0.25, -0.2) is 9.97 Å². The van der Waals surface area contributed by atoms with Crippen molar-refractivity contribution in [3.05, 3.63) is 52.6 Å². The Morgan fingerprint density at radius 1 is 1.10 bits per heavy atom. The zero-order valence-electron chi connectivity index (χ0n) is 18.1. The highest BCUT2D eigenvalue weighted by atomic mass is 32.2. The van der Waals surface area contributed by atoms with Crippen molar-refractivity contribution in [3.63, 3.8) is 0 Å². The van der Waals surface area contributed by atoms with Crippen LogP contribution in [0.4, 0.5) is 5.69 Å². The molecule has 1 amide bonds. The second-order valence-corrected chi connectivity index (χ2v) is 9.45. The number of aryl methyl sites for hydroxylation is 4. The lowest BCUT2D eigenvalue weighted by molar-refractivity contribution is -0.115. The smallest absolute Gasteiger partial charge is 0.237 e. The lowest BCUT2D eigenvalue weighted by atomic mass is 10.1. The summed E-state index contributed by atoms with van der Waals surface area (Å²) in [6.07, 6.45) is 0. The molecule has 0 saturated heterocycles. The molecule has 3 aromatic rings. The van der Waals surface area contributed by atoms with Crippen LogP contribution < -0.4 is 5.32 Å². The number of aromatic nitrogens is 5. The van der Waals surface area contributed by atoms with Crippen LogP contribution in [0.2, 0.25) is 0 Å². The third-order valence-electron chi connectivity index (χ3n) is 4.60. The molecule has 9 heteroatoms. The molecule has 0 aliphatic heterocycles. The molecule has 30 heavy (non-hydrogen) atoms. The molecule has 0 bridgehead atoms. The van der Waals surface area contributed by atoms with Gasteiger partial charge in [0.1, 0.15) is 5.82 Å². The monoisotopic (exact) mass is 442 g/mol. The molecule has 0 spiro atoms. The first-order chi connectivity index (χ1) is 14.2. The van der Waals surface area contributed by atoms with Gasteiger partial charge in [-0.05, 0) is 51.8 Å². The van der Waals surface area contributed by atoms with Gasteiger partial charge < -0.3 is 9.88 Å². The molecular formula is C21H26N6OS2. The second-order valence-electron chi connectivity index (χ2n) is 7.20. The van der Waals surface area contributed by atoms with Crippen molar-refractivity contribution in [2.45, 2.75) is 55.9 Å². The summed E-state index contributed by atoms with van der Waals surface area (Å²) in [6.45, 7) is 9.78. The number of carbonyl (C=O) groups excluding carboxylic acids is 1. The molecule has 0 aliphatic carbocycles. The Kier molecular flexibility index (Phi) is 7.14. The van der Waals surface area contributed by atoms with Gasteiger partial charge in [-0.15, -0.1) is 10.2 Å². The maximum atomic E-state index is 12.7. The lowest BCUT2D eigenvalue weighted by Crippen LogP contribution is -2.23. The maximum absolute atomic E-state index is 12.7. The standard InChI is InChI=1S/C21H26N6OS2/c1-12-8-7-9-13(2)18(12)24-19(28)16(5)30-21-26-25-17(27(21)6)11-29-20-22-14(3)10-15(4)23-20/h7-10,16H,11H2,1-6H3,(H,24,28). The summed E-state index contributed by atoms with van der Waals surface area (Å²) >= 11 is 2.92. The molecule has 2 heterocycles. The van der Waals surface area contributed by atoms with Crippen LogP contribution in [0.3, 0.4) is 0 Å². The number of benzene rings is 1. The van der Waals surface area contributed by atoms with E-state index >= 15 is 0 Å². The van der Waals surface area contributed by atoms with E-state index in [9.17, 15) is 4.79 Å². The highest BCUT2D eigenvalue weighted by Gasteiger charge is 2.20. The highest BCUT2D eigenvalue weighted by molar-refractivity contribution is 8.00. The molecule has 1 N–H and O–H groups in total. The van der Waals surface area contributed by atoms with Crippen molar-refractivity contribution in [2.24, 2.45) is 7.05 Å². The number of rotatable bonds is 7. The Hall–Kier alpha value is -2.39. The van der Waals surface area contributed by atoms with Crippen LogP contribution in [-0.4, -0.2) is 35.9 Å². The van der Waals surface area contributed by atoms with E-state index in [0.29, 0.717) is 10.9 Å². The van der Waals surface area contributed by atoms with Gasteiger partial charge in [-0.1, -0.05) is 41.7 Å². The molecule has 158 valence electrons. The Bertz CT molecular complexity index is 1030. The normalized spacial score (nSPS) is 12.1. The van der Waals surface area contributed by atoms with E-state index in [-0.39, 0.29) is 11.2 Å². The number of hydrogen-bond acceptors (Lipinski definition) is 7. The summed E-state index contributed by atoms with van der Waals surface area (Å²) in [5, 5.41) is 12.7. The van der Waals surface area contributed by atoms with Crippen molar-refractivity contribution < 1.29 is 4.79 Å². The van der Waals surface area contributed by atoms with Crippen LogP contribution in [0.1, 0.15) is 35.3 Å². The van der Waals surface area contributed by atoms with Crippen LogP contribution >= 0.6 is 23.5 Å². The minimum absolute atomic E-state index is 0.0556. The SMILES string of the molecule is Cc1cc(C)nc(SCc2nnc(SC(C)C(=O)Nc3c(C)cccc3C)n2C)n1. The van der Waals surface area contributed by atoms with Crippen LogP contribution in [0.5, 0.6) is 0 Å². The zero-order valence-corrected chi connectivity index (χ0v) is 19.7. The first-order valence-corrected chi connectivity index (χ1v) is 11.5. The van der Waals surface area contributed by atoms with Gasteiger partial charge >= 0.3 is 0 Å². The minimum atomic E-state index is -0.310. The predicted octanol–water partition coefficient (Wildman–Crippen LogP) is 4.25. The number of nitrogens with zero attached hydrogens (tertiary/aromatic N) is 5. The van der Waals surface area contributed by atoms with Crippen LogP contribution in [0.25, 0.3) is 0 Å². The molecule has 1 unspecified atom stereocenters. The molecule has 0 aliphatic rings. The van der Waals surface area contributed by atoms with Crippen molar-refractivity contribution >= 4 is 35.1 Å². The Balaban J connectivity index is 1.63. The molecular weight excluding hydrogens is 416 g/mol. The summed E-state index contributed by atoms with van der Waals surface area (Å²) in [7, 11) is 1.91. The van der Waals surface area contributed by atoms with Crippen molar-refractivity contribution in [3.8, 4) is 0 Å². The largest absolute Gasteiger partial charge is 0.325 e. The van der Waals surface area contributed by atoms with E-state index in [4.69, 9.17) is 0 Å². The van der Waals surface area contributed by atoms with Gasteiger partial charge in [0.25, 0.3) is 0 Å².